The molecule has 0 aliphatic carbocycles. The van der Waals surface area contributed by atoms with E-state index < -0.39 is 4.92 Å². The van der Waals surface area contributed by atoms with E-state index in [-0.39, 0.29) is 36.3 Å². The molecule has 0 saturated heterocycles. The number of aryl methyl sites for hydroxylation is 2. The number of nitro groups is 1. The lowest BCUT2D eigenvalue weighted by atomic mass is 10.0. The number of nitro benzene ring substituents is 1. The average Bonchev–Trinajstić information content (AvgIpc) is 2.96. The number of benzene rings is 1. The molecule has 7 heteroatoms. The average molecular weight is 374 g/mol. The lowest BCUT2D eigenvalue weighted by molar-refractivity contribution is -0.384. The van der Waals surface area contributed by atoms with E-state index in [0.717, 1.165) is 9.75 Å². The second-order valence-corrected chi connectivity index (χ2v) is 7.74. The maximum atomic E-state index is 12.4. The number of hydrogen-bond acceptors (Lipinski definition) is 5. The van der Waals surface area contributed by atoms with Gasteiger partial charge in [-0.2, -0.15) is 0 Å². The van der Waals surface area contributed by atoms with Crippen molar-refractivity contribution in [3.8, 4) is 0 Å². The van der Waals surface area contributed by atoms with Gasteiger partial charge in [0.2, 0.25) is 5.91 Å². The monoisotopic (exact) mass is 374 g/mol. The van der Waals surface area contributed by atoms with Crippen LogP contribution in [0, 0.1) is 24.0 Å². The molecule has 138 valence electrons. The van der Waals surface area contributed by atoms with Gasteiger partial charge in [0.1, 0.15) is 0 Å². The van der Waals surface area contributed by atoms with Crippen molar-refractivity contribution in [1.82, 2.24) is 4.90 Å². The Hall–Kier alpha value is -2.54. The van der Waals surface area contributed by atoms with E-state index in [4.69, 9.17) is 0 Å². The van der Waals surface area contributed by atoms with Gasteiger partial charge in [-0.1, -0.05) is 12.1 Å². The van der Waals surface area contributed by atoms with Gasteiger partial charge < -0.3 is 4.90 Å². The molecular weight excluding hydrogens is 352 g/mol. The third kappa shape index (κ3) is 4.54. The van der Waals surface area contributed by atoms with Crippen LogP contribution in [-0.2, 0) is 4.79 Å². The fourth-order valence-corrected chi connectivity index (χ4v) is 3.72. The zero-order valence-corrected chi connectivity index (χ0v) is 16.1. The molecule has 2 aromatic rings. The largest absolute Gasteiger partial charge is 0.339 e. The molecule has 0 aliphatic rings. The molecule has 0 N–H and O–H groups in total. The van der Waals surface area contributed by atoms with Gasteiger partial charge in [-0.3, -0.25) is 19.7 Å². The first kappa shape index (κ1) is 19.8. The topological polar surface area (TPSA) is 80.5 Å². The van der Waals surface area contributed by atoms with Crippen LogP contribution >= 0.6 is 11.3 Å². The first-order chi connectivity index (χ1) is 12.2. The van der Waals surface area contributed by atoms with Crippen LogP contribution in [0.1, 0.15) is 51.5 Å². The molecule has 0 bridgehead atoms. The second-order valence-electron chi connectivity index (χ2n) is 6.28. The van der Waals surface area contributed by atoms with Crippen LogP contribution in [0.4, 0.5) is 5.69 Å². The quantitative estimate of drug-likeness (QED) is 0.407. The van der Waals surface area contributed by atoms with Crippen molar-refractivity contribution in [3.05, 3.63) is 61.3 Å². The summed E-state index contributed by atoms with van der Waals surface area (Å²) in [5.41, 5.74) is 1.37. The summed E-state index contributed by atoms with van der Waals surface area (Å²) in [6.07, 6.45) is 0.269. The first-order valence-electron chi connectivity index (χ1n) is 8.31. The number of amides is 1. The molecule has 0 spiro atoms. The summed E-state index contributed by atoms with van der Waals surface area (Å²) in [6, 6.07) is 7.79. The van der Waals surface area contributed by atoms with Gasteiger partial charge in [0, 0.05) is 47.3 Å². The van der Waals surface area contributed by atoms with Crippen molar-refractivity contribution in [2.45, 2.75) is 39.7 Å². The molecule has 0 aliphatic heterocycles. The molecule has 1 amide bonds. The third-order valence-corrected chi connectivity index (χ3v) is 5.41. The molecule has 2 rings (SSSR count). The van der Waals surface area contributed by atoms with Crippen molar-refractivity contribution >= 4 is 28.7 Å². The highest BCUT2D eigenvalue weighted by Gasteiger charge is 2.21. The highest BCUT2D eigenvalue weighted by molar-refractivity contribution is 7.12. The predicted octanol–water partition coefficient (Wildman–Crippen LogP) is 4.46. The van der Waals surface area contributed by atoms with E-state index in [0.29, 0.717) is 11.1 Å². The lowest BCUT2D eigenvalue weighted by Gasteiger charge is -2.25. The lowest BCUT2D eigenvalue weighted by Crippen LogP contribution is -2.30. The molecule has 1 heterocycles. The minimum absolute atomic E-state index is 0.00585. The zero-order chi connectivity index (χ0) is 19.4. The zero-order valence-electron chi connectivity index (χ0n) is 15.3. The van der Waals surface area contributed by atoms with Gasteiger partial charge in [0.25, 0.3) is 5.69 Å². The Morgan fingerprint density at radius 3 is 2.50 bits per heavy atom. The first-order valence-corrected chi connectivity index (χ1v) is 9.12. The van der Waals surface area contributed by atoms with Gasteiger partial charge in [-0.15, -0.1) is 11.3 Å². The van der Waals surface area contributed by atoms with E-state index in [1.807, 2.05) is 26.8 Å². The van der Waals surface area contributed by atoms with E-state index in [1.165, 1.54) is 17.0 Å². The van der Waals surface area contributed by atoms with Gasteiger partial charge in [-0.05, 0) is 32.4 Å². The fraction of sp³-hybridized carbons (Fsp3) is 0.368. The molecule has 0 unspecified atom stereocenters. The Bertz CT molecular complexity index is 844. The minimum Gasteiger partial charge on any atom is -0.339 e. The maximum Gasteiger partial charge on any atom is 0.269 e. The summed E-state index contributed by atoms with van der Waals surface area (Å²) in [7, 11) is 1.65. The molecule has 26 heavy (non-hydrogen) atoms. The summed E-state index contributed by atoms with van der Waals surface area (Å²) in [5.74, 6) is -0.196. The molecule has 6 nitrogen and oxygen atoms in total. The minimum atomic E-state index is -0.456. The number of rotatable bonds is 7. The van der Waals surface area contributed by atoms with Crippen LogP contribution in [0.3, 0.4) is 0 Å². The van der Waals surface area contributed by atoms with Crippen molar-refractivity contribution in [1.29, 1.82) is 0 Å². The molecule has 0 saturated carbocycles. The van der Waals surface area contributed by atoms with Gasteiger partial charge in [-0.25, -0.2) is 0 Å². The highest BCUT2D eigenvalue weighted by Crippen LogP contribution is 2.25. The summed E-state index contributed by atoms with van der Waals surface area (Å²) in [4.78, 5) is 38.8. The molecule has 0 radical (unpaired) electrons. The summed E-state index contributed by atoms with van der Waals surface area (Å²) in [5, 5.41) is 10.9. The predicted molar refractivity (Wildman–Crippen MR) is 102 cm³/mol. The fourth-order valence-electron chi connectivity index (χ4n) is 2.78. The summed E-state index contributed by atoms with van der Waals surface area (Å²) >= 11 is 1.57. The van der Waals surface area contributed by atoms with Crippen LogP contribution in [0.5, 0.6) is 0 Å². The summed E-state index contributed by atoms with van der Waals surface area (Å²) < 4.78 is 0. The SMILES string of the molecule is Cc1cc(C(=O)CCC(=O)N(C)[C@@H](C)c2cccc([N+](=O)[O-])c2)c(C)s1. The van der Waals surface area contributed by atoms with E-state index >= 15 is 0 Å². The van der Waals surface area contributed by atoms with Crippen LogP contribution in [-0.4, -0.2) is 28.6 Å². The van der Waals surface area contributed by atoms with Crippen molar-refractivity contribution < 1.29 is 14.5 Å². The van der Waals surface area contributed by atoms with E-state index in [2.05, 4.69) is 0 Å². The molecule has 1 aromatic heterocycles. The Kier molecular flexibility index (Phi) is 6.26. The van der Waals surface area contributed by atoms with Gasteiger partial charge in [0.15, 0.2) is 5.78 Å². The maximum absolute atomic E-state index is 12.4. The number of non-ortho nitro benzene ring substituents is 1. The Balaban J connectivity index is 2.00. The van der Waals surface area contributed by atoms with Crippen LogP contribution < -0.4 is 0 Å². The number of Topliss-reactive ketones (excluding diaryl/α,β-unsaturated/α-hetero) is 1. The highest BCUT2D eigenvalue weighted by atomic mass is 32.1. The van der Waals surface area contributed by atoms with Crippen molar-refractivity contribution in [2.24, 2.45) is 0 Å². The smallest absolute Gasteiger partial charge is 0.269 e. The van der Waals surface area contributed by atoms with E-state index in [1.54, 1.807) is 30.5 Å². The van der Waals surface area contributed by atoms with Gasteiger partial charge in [0.05, 0.1) is 11.0 Å². The Morgan fingerprint density at radius 1 is 1.23 bits per heavy atom. The van der Waals surface area contributed by atoms with Crippen molar-refractivity contribution in [3.63, 3.8) is 0 Å². The van der Waals surface area contributed by atoms with E-state index in [9.17, 15) is 19.7 Å². The van der Waals surface area contributed by atoms with Crippen LogP contribution in [0.15, 0.2) is 30.3 Å². The standard InChI is InChI=1S/C19H22N2O4S/c1-12-10-17(14(3)26-12)18(22)8-9-19(23)20(4)13(2)15-6-5-7-16(11-15)21(24)25/h5-7,10-11,13H,8-9H2,1-4H3/t13-/m0/s1. The third-order valence-electron chi connectivity index (χ3n) is 4.45. The molecular formula is C19H22N2O4S. The Labute approximate surface area is 156 Å². The number of hydrogen-bond donors (Lipinski definition) is 0. The Morgan fingerprint density at radius 2 is 1.92 bits per heavy atom. The number of thiophene rings is 1. The van der Waals surface area contributed by atoms with Crippen LogP contribution in [0.2, 0.25) is 0 Å². The molecule has 1 aromatic carbocycles. The summed E-state index contributed by atoms with van der Waals surface area (Å²) in [6.45, 7) is 5.67. The van der Waals surface area contributed by atoms with Crippen molar-refractivity contribution in [2.75, 3.05) is 7.05 Å². The number of carbonyl (C=O) groups excluding carboxylic acids is 2. The molecule has 0 fully saturated rings. The normalized spacial score (nSPS) is 11.8. The number of nitrogens with zero attached hydrogens (tertiary/aromatic N) is 2. The van der Waals surface area contributed by atoms with Gasteiger partial charge >= 0.3 is 0 Å². The molecule has 1 atom stereocenters. The number of ketones is 1. The van der Waals surface area contributed by atoms with Crippen LogP contribution in [0.25, 0.3) is 0 Å². The number of carbonyl (C=O) groups is 2. The second kappa shape index (κ2) is 8.23.